The zero-order valence-electron chi connectivity index (χ0n) is 9.75. The Balaban J connectivity index is 2.22. The molecule has 0 bridgehead atoms. The maximum absolute atomic E-state index is 11.5. The molecule has 0 heterocycles. The predicted octanol–water partition coefficient (Wildman–Crippen LogP) is -0.123. The zero-order chi connectivity index (χ0) is 12.0. The Labute approximate surface area is 96.8 Å². The summed E-state index contributed by atoms with van der Waals surface area (Å²) in [6.45, 7) is 3.10. The number of carbonyl (C=O) groups is 1. The first-order chi connectivity index (χ1) is 7.63. The number of nitrogens with one attached hydrogen (secondary N) is 2. The van der Waals surface area contributed by atoms with E-state index in [0.717, 1.165) is 25.8 Å². The molecule has 1 unspecified atom stereocenters. The molecular formula is C12H20N2O2. The normalized spacial score (nSPS) is 18.6. The molecule has 1 saturated carbocycles. The Hall–Kier alpha value is -1.05. The molecule has 1 amide bonds. The van der Waals surface area contributed by atoms with E-state index in [1.54, 1.807) is 0 Å². The van der Waals surface area contributed by atoms with E-state index >= 15 is 0 Å². The number of hydrogen-bond acceptors (Lipinski definition) is 3. The minimum atomic E-state index is -0.232. The van der Waals surface area contributed by atoms with Gasteiger partial charge in [-0.1, -0.05) is 5.92 Å². The Morgan fingerprint density at radius 3 is 2.81 bits per heavy atom. The van der Waals surface area contributed by atoms with Gasteiger partial charge in [0, 0.05) is 13.2 Å². The Kier molecular flexibility index (Phi) is 4.78. The summed E-state index contributed by atoms with van der Waals surface area (Å²) < 4.78 is 0. The highest BCUT2D eigenvalue weighted by Crippen LogP contribution is 2.47. The van der Waals surface area contributed by atoms with Crippen LogP contribution in [0.3, 0.4) is 0 Å². The highest BCUT2D eigenvalue weighted by atomic mass is 16.3. The van der Waals surface area contributed by atoms with Crippen molar-refractivity contribution in [2.75, 3.05) is 19.7 Å². The quantitative estimate of drug-likeness (QED) is 0.528. The van der Waals surface area contributed by atoms with Crippen molar-refractivity contribution >= 4 is 5.91 Å². The molecule has 1 aliphatic rings. The molecule has 0 aliphatic heterocycles. The zero-order valence-corrected chi connectivity index (χ0v) is 9.75. The van der Waals surface area contributed by atoms with Gasteiger partial charge in [-0.2, -0.15) is 0 Å². The third-order valence-corrected chi connectivity index (χ3v) is 3.14. The molecule has 1 atom stereocenters. The average molecular weight is 224 g/mol. The van der Waals surface area contributed by atoms with Gasteiger partial charge in [0.1, 0.15) is 0 Å². The molecular weight excluding hydrogens is 204 g/mol. The molecule has 1 aliphatic carbocycles. The van der Waals surface area contributed by atoms with E-state index in [9.17, 15) is 4.79 Å². The molecule has 1 fully saturated rings. The maximum atomic E-state index is 11.5. The van der Waals surface area contributed by atoms with E-state index in [1.165, 1.54) is 0 Å². The fourth-order valence-corrected chi connectivity index (χ4v) is 1.68. The monoisotopic (exact) mass is 224 g/mol. The number of aliphatic hydroxyl groups excluding tert-OH is 1. The number of terminal acetylenes is 1. The summed E-state index contributed by atoms with van der Waals surface area (Å²) in [6.07, 6.45) is 8.15. The van der Waals surface area contributed by atoms with E-state index in [4.69, 9.17) is 11.5 Å². The fraction of sp³-hybridized carbons (Fsp3) is 0.750. The molecule has 3 N–H and O–H groups in total. The van der Waals surface area contributed by atoms with Crippen LogP contribution in [0.1, 0.15) is 26.2 Å². The van der Waals surface area contributed by atoms with Gasteiger partial charge in [0.2, 0.25) is 5.91 Å². The molecule has 4 nitrogen and oxygen atoms in total. The van der Waals surface area contributed by atoms with Crippen molar-refractivity contribution in [2.24, 2.45) is 5.41 Å². The highest BCUT2D eigenvalue weighted by Gasteiger charge is 2.41. The van der Waals surface area contributed by atoms with E-state index < -0.39 is 0 Å². The Morgan fingerprint density at radius 2 is 2.31 bits per heavy atom. The summed E-state index contributed by atoms with van der Waals surface area (Å²) in [7, 11) is 0. The Morgan fingerprint density at radius 1 is 1.62 bits per heavy atom. The van der Waals surface area contributed by atoms with E-state index in [-0.39, 0.29) is 30.5 Å². The van der Waals surface area contributed by atoms with Gasteiger partial charge in [-0.15, -0.1) is 6.42 Å². The van der Waals surface area contributed by atoms with Crippen LogP contribution >= 0.6 is 0 Å². The van der Waals surface area contributed by atoms with Gasteiger partial charge in [0.05, 0.1) is 12.6 Å². The fourth-order valence-electron chi connectivity index (χ4n) is 1.68. The lowest BCUT2D eigenvalue weighted by Gasteiger charge is -2.18. The first-order valence-electron chi connectivity index (χ1n) is 5.69. The number of amides is 1. The van der Waals surface area contributed by atoms with Crippen molar-refractivity contribution in [2.45, 2.75) is 32.2 Å². The van der Waals surface area contributed by atoms with Crippen molar-refractivity contribution in [3.63, 3.8) is 0 Å². The van der Waals surface area contributed by atoms with Crippen LogP contribution in [0.2, 0.25) is 0 Å². The molecule has 0 aromatic rings. The summed E-state index contributed by atoms with van der Waals surface area (Å²) in [4.78, 5) is 11.5. The van der Waals surface area contributed by atoms with Crippen LogP contribution in [-0.2, 0) is 4.79 Å². The second kappa shape index (κ2) is 5.88. The molecule has 90 valence electrons. The number of rotatable bonds is 7. The van der Waals surface area contributed by atoms with E-state index in [1.807, 2.05) is 6.92 Å². The molecule has 0 aromatic carbocycles. The van der Waals surface area contributed by atoms with Crippen molar-refractivity contribution in [3.05, 3.63) is 0 Å². The first-order valence-corrected chi connectivity index (χ1v) is 5.69. The molecule has 16 heavy (non-hydrogen) atoms. The van der Waals surface area contributed by atoms with Gasteiger partial charge >= 0.3 is 0 Å². The van der Waals surface area contributed by atoms with Gasteiger partial charge in [-0.3, -0.25) is 4.79 Å². The van der Waals surface area contributed by atoms with Crippen molar-refractivity contribution in [1.82, 2.24) is 10.6 Å². The summed E-state index contributed by atoms with van der Waals surface area (Å²) in [5, 5.41) is 14.7. The van der Waals surface area contributed by atoms with E-state index in [2.05, 4.69) is 16.6 Å². The summed E-state index contributed by atoms with van der Waals surface area (Å²) in [6, 6.07) is -0.232. The maximum Gasteiger partial charge on any atom is 0.237 e. The van der Waals surface area contributed by atoms with Crippen LogP contribution in [0.15, 0.2) is 0 Å². The van der Waals surface area contributed by atoms with Crippen molar-refractivity contribution < 1.29 is 9.90 Å². The summed E-state index contributed by atoms with van der Waals surface area (Å²) in [5.41, 5.74) is 0.232. The second-order valence-corrected chi connectivity index (χ2v) is 4.50. The molecule has 1 rings (SSSR count). The minimum Gasteiger partial charge on any atom is -0.396 e. The van der Waals surface area contributed by atoms with Crippen LogP contribution in [-0.4, -0.2) is 36.8 Å². The predicted molar refractivity (Wildman–Crippen MR) is 62.7 cm³/mol. The molecule has 0 spiro atoms. The second-order valence-electron chi connectivity index (χ2n) is 4.50. The molecule has 0 radical (unpaired) electrons. The summed E-state index contributed by atoms with van der Waals surface area (Å²) >= 11 is 0. The van der Waals surface area contributed by atoms with Gasteiger partial charge in [0.25, 0.3) is 0 Å². The van der Waals surface area contributed by atoms with Crippen molar-refractivity contribution in [1.29, 1.82) is 0 Å². The lowest BCUT2D eigenvalue weighted by molar-refractivity contribution is -0.122. The van der Waals surface area contributed by atoms with Gasteiger partial charge in [-0.05, 0) is 31.6 Å². The first kappa shape index (κ1) is 13.0. The Bertz CT molecular complexity index is 279. The highest BCUT2D eigenvalue weighted by molar-refractivity contribution is 5.81. The SMILES string of the molecule is C#CCNC(=O)C(C)NCC1(CCO)CC1. The van der Waals surface area contributed by atoms with E-state index in [0.29, 0.717) is 0 Å². The third-order valence-electron chi connectivity index (χ3n) is 3.14. The van der Waals surface area contributed by atoms with Gasteiger partial charge in [-0.25, -0.2) is 0 Å². The van der Waals surface area contributed by atoms with Crippen LogP contribution < -0.4 is 10.6 Å². The van der Waals surface area contributed by atoms with Gasteiger partial charge in [0.15, 0.2) is 0 Å². The smallest absolute Gasteiger partial charge is 0.237 e. The molecule has 0 saturated heterocycles. The average Bonchev–Trinajstić information content (AvgIpc) is 3.03. The number of carbonyl (C=O) groups excluding carboxylic acids is 1. The number of aliphatic hydroxyl groups is 1. The lowest BCUT2D eigenvalue weighted by Crippen LogP contribution is -2.44. The number of hydrogen-bond donors (Lipinski definition) is 3. The largest absolute Gasteiger partial charge is 0.396 e. The van der Waals surface area contributed by atoms with Crippen LogP contribution in [0, 0.1) is 17.8 Å². The van der Waals surface area contributed by atoms with Crippen molar-refractivity contribution in [3.8, 4) is 12.3 Å². The molecule has 4 heteroatoms. The minimum absolute atomic E-state index is 0.0715. The summed E-state index contributed by atoms with van der Waals surface area (Å²) in [5.74, 6) is 2.29. The third kappa shape index (κ3) is 3.84. The van der Waals surface area contributed by atoms with Gasteiger partial charge < -0.3 is 15.7 Å². The van der Waals surface area contributed by atoms with Crippen LogP contribution in [0.4, 0.5) is 0 Å². The van der Waals surface area contributed by atoms with Crippen LogP contribution in [0.25, 0.3) is 0 Å². The standard InChI is InChI=1S/C12H20N2O2/c1-3-7-13-11(16)10(2)14-9-12(4-5-12)6-8-15/h1,10,14-15H,4-9H2,2H3,(H,13,16). The molecule has 0 aromatic heterocycles. The van der Waals surface area contributed by atoms with Crippen LogP contribution in [0.5, 0.6) is 0 Å². The lowest BCUT2D eigenvalue weighted by atomic mass is 10.0. The topological polar surface area (TPSA) is 61.4 Å².